The Morgan fingerprint density at radius 1 is 1.17 bits per heavy atom. The molecule has 0 saturated carbocycles. The van der Waals surface area contributed by atoms with Crippen LogP contribution in [0.25, 0.3) is 6.08 Å². The van der Waals surface area contributed by atoms with Gasteiger partial charge in [-0.05, 0) is 36.8 Å². The van der Waals surface area contributed by atoms with Crippen molar-refractivity contribution in [2.45, 2.75) is 11.1 Å². The smallest absolute Gasteiger partial charge is 0.260 e. The number of piperazine rings is 1. The van der Waals surface area contributed by atoms with Gasteiger partial charge in [-0.1, -0.05) is 29.8 Å². The first-order valence-electron chi connectivity index (χ1n) is 9.32. The van der Waals surface area contributed by atoms with Crippen molar-refractivity contribution in [2.75, 3.05) is 39.9 Å². The van der Waals surface area contributed by atoms with Crippen LogP contribution in [0.15, 0.2) is 40.6 Å². The molecule has 0 spiro atoms. The number of halogens is 1. The summed E-state index contributed by atoms with van der Waals surface area (Å²) in [6.07, 6.45) is 3.86. The predicted octanol–water partition coefficient (Wildman–Crippen LogP) is 3.36. The number of carbonyl (C=O) groups is 1. The summed E-state index contributed by atoms with van der Waals surface area (Å²) in [5, 5.41) is 0. The molecule has 1 aromatic heterocycles. The molecule has 7 nitrogen and oxygen atoms in total. The molecule has 10 heteroatoms. The number of hydrogen-bond acceptors (Lipinski definition) is 6. The van der Waals surface area contributed by atoms with Gasteiger partial charge in [0.05, 0.1) is 11.4 Å². The molecule has 0 atom stereocenters. The van der Waals surface area contributed by atoms with Crippen LogP contribution in [-0.4, -0.2) is 63.4 Å². The number of carbonyl (C=O) groups excluding carboxylic acids is 1. The minimum absolute atomic E-state index is 0.146. The van der Waals surface area contributed by atoms with Crippen LogP contribution in [0.2, 0.25) is 4.34 Å². The fourth-order valence-corrected chi connectivity index (χ4v) is 6.13. The van der Waals surface area contributed by atoms with E-state index in [2.05, 4.69) is 0 Å². The van der Waals surface area contributed by atoms with E-state index < -0.39 is 10.0 Å². The average molecular weight is 471 g/mol. The summed E-state index contributed by atoms with van der Waals surface area (Å²) in [4.78, 5) is 14.1. The van der Waals surface area contributed by atoms with Crippen molar-refractivity contribution in [1.82, 2.24) is 9.21 Å². The van der Waals surface area contributed by atoms with E-state index in [1.54, 1.807) is 24.1 Å². The summed E-state index contributed by atoms with van der Waals surface area (Å²) >= 11 is 6.89. The molecule has 1 aromatic carbocycles. The van der Waals surface area contributed by atoms with Gasteiger partial charge in [-0.25, -0.2) is 8.42 Å². The van der Waals surface area contributed by atoms with Gasteiger partial charge in [-0.3, -0.25) is 4.79 Å². The van der Waals surface area contributed by atoms with Crippen molar-refractivity contribution >= 4 is 44.9 Å². The zero-order valence-electron chi connectivity index (χ0n) is 16.7. The molecule has 30 heavy (non-hydrogen) atoms. The monoisotopic (exact) mass is 470 g/mol. The van der Waals surface area contributed by atoms with Crippen LogP contribution >= 0.6 is 22.9 Å². The Labute approximate surface area is 185 Å². The van der Waals surface area contributed by atoms with Crippen LogP contribution in [0.1, 0.15) is 12.5 Å². The molecule has 1 aliphatic rings. The van der Waals surface area contributed by atoms with Gasteiger partial charge < -0.3 is 14.4 Å². The normalized spacial score (nSPS) is 15.5. The lowest BCUT2D eigenvalue weighted by molar-refractivity contribution is -0.134. The number of allylic oxidation sites excluding steroid dienone is 1. The van der Waals surface area contributed by atoms with E-state index in [1.807, 2.05) is 31.2 Å². The molecule has 0 unspecified atom stereocenters. The molecular weight excluding hydrogens is 448 g/mol. The second-order valence-corrected chi connectivity index (χ2v) is 10.4. The topological polar surface area (TPSA) is 76.2 Å². The Hall–Kier alpha value is -2.07. The highest BCUT2D eigenvalue weighted by Crippen LogP contribution is 2.30. The summed E-state index contributed by atoms with van der Waals surface area (Å²) in [5.41, 5.74) is 0.970. The number of rotatable bonds is 7. The minimum Gasteiger partial charge on any atom is -0.493 e. The largest absolute Gasteiger partial charge is 0.493 e. The number of hydrogen-bond donors (Lipinski definition) is 0. The lowest BCUT2D eigenvalue weighted by Crippen LogP contribution is -2.51. The fourth-order valence-electron chi connectivity index (χ4n) is 3.07. The van der Waals surface area contributed by atoms with E-state index >= 15 is 0 Å². The Bertz CT molecular complexity index is 1030. The SMILES string of the molecule is C/C=C/c1ccc(OCC(=O)N2CCN(S(=O)(=O)c3ccc(Cl)s3)CC2)c(OC)c1. The first-order valence-corrected chi connectivity index (χ1v) is 12.0. The Balaban J connectivity index is 1.56. The highest BCUT2D eigenvalue weighted by Gasteiger charge is 2.31. The summed E-state index contributed by atoms with van der Waals surface area (Å²) < 4.78 is 38.3. The van der Waals surface area contributed by atoms with E-state index in [4.69, 9.17) is 21.1 Å². The second-order valence-electron chi connectivity index (χ2n) is 6.54. The maximum atomic E-state index is 12.7. The van der Waals surface area contributed by atoms with Crippen molar-refractivity contribution in [3.05, 3.63) is 46.3 Å². The van der Waals surface area contributed by atoms with Crippen LogP contribution < -0.4 is 9.47 Å². The van der Waals surface area contributed by atoms with Crippen molar-refractivity contribution in [1.29, 1.82) is 0 Å². The number of amides is 1. The maximum Gasteiger partial charge on any atom is 0.260 e. The molecule has 0 aliphatic carbocycles. The first kappa shape index (κ1) is 22.6. The Kier molecular flexibility index (Phi) is 7.41. The van der Waals surface area contributed by atoms with E-state index in [0.717, 1.165) is 16.9 Å². The number of nitrogens with zero attached hydrogens (tertiary/aromatic N) is 2. The lowest BCUT2D eigenvalue weighted by Gasteiger charge is -2.33. The van der Waals surface area contributed by atoms with Crippen LogP contribution in [0.4, 0.5) is 0 Å². The molecule has 1 fully saturated rings. The summed E-state index contributed by atoms with van der Waals surface area (Å²) in [6.45, 7) is 2.84. The number of sulfonamides is 1. The van der Waals surface area contributed by atoms with Gasteiger partial charge in [0.2, 0.25) is 0 Å². The molecule has 0 radical (unpaired) electrons. The zero-order valence-corrected chi connectivity index (χ0v) is 19.1. The third kappa shape index (κ3) is 5.15. The minimum atomic E-state index is -3.59. The van der Waals surface area contributed by atoms with Gasteiger partial charge >= 0.3 is 0 Å². The Morgan fingerprint density at radius 2 is 1.90 bits per heavy atom. The van der Waals surface area contributed by atoms with E-state index in [9.17, 15) is 13.2 Å². The number of ether oxygens (including phenoxy) is 2. The van der Waals surface area contributed by atoms with Gasteiger partial charge in [-0.2, -0.15) is 4.31 Å². The quantitative estimate of drug-likeness (QED) is 0.620. The van der Waals surface area contributed by atoms with Crippen molar-refractivity contribution in [3.8, 4) is 11.5 Å². The van der Waals surface area contributed by atoms with Crippen LogP contribution in [0.5, 0.6) is 11.5 Å². The molecule has 1 saturated heterocycles. The Morgan fingerprint density at radius 3 is 2.50 bits per heavy atom. The summed E-state index contributed by atoms with van der Waals surface area (Å²) in [7, 11) is -2.04. The van der Waals surface area contributed by atoms with Crippen molar-refractivity contribution in [3.63, 3.8) is 0 Å². The molecule has 0 bridgehead atoms. The van der Waals surface area contributed by atoms with Gasteiger partial charge in [0.25, 0.3) is 15.9 Å². The van der Waals surface area contributed by atoms with Gasteiger partial charge in [0, 0.05) is 26.2 Å². The molecular formula is C20H23ClN2O5S2. The van der Waals surface area contributed by atoms with E-state index in [-0.39, 0.29) is 29.8 Å². The highest BCUT2D eigenvalue weighted by atomic mass is 35.5. The lowest BCUT2D eigenvalue weighted by atomic mass is 10.2. The third-order valence-electron chi connectivity index (χ3n) is 4.63. The maximum absolute atomic E-state index is 12.7. The number of thiophene rings is 1. The second kappa shape index (κ2) is 9.82. The third-order valence-corrected chi connectivity index (χ3v) is 8.23. The average Bonchev–Trinajstić information content (AvgIpc) is 3.20. The van der Waals surface area contributed by atoms with E-state index in [0.29, 0.717) is 28.9 Å². The molecule has 2 aromatic rings. The molecule has 1 amide bonds. The standard InChI is InChI=1S/C20H23ClN2O5S2/c1-3-4-15-5-6-16(17(13-15)27-2)28-14-19(24)22-9-11-23(12-10-22)30(25,26)20-8-7-18(21)29-20/h3-8,13H,9-12,14H2,1-2H3/b4-3+. The zero-order chi connectivity index (χ0) is 21.7. The summed E-state index contributed by atoms with van der Waals surface area (Å²) in [5.74, 6) is 0.824. The summed E-state index contributed by atoms with van der Waals surface area (Å²) in [6, 6.07) is 8.54. The molecule has 162 valence electrons. The predicted molar refractivity (Wildman–Crippen MR) is 118 cm³/mol. The van der Waals surface area contributed by atoms with Crippen molar-refractivity contribution < 1.29 is 22.7 Å². The van der Waals surface area contributed by atoms with Crippen LogP contribution in [0, 0.1) is 0 Å². The van der Waals surface area contributed by atoms with Crippen molar-refractivity contribution in [2.24, 2.45) is 0 Å². The first-order chi connectivity index (χ1) is 14.3. The van der Waals surface area contributed by atoms with E-state index in [1.165, 1.54) is 10.4 Å². The molecule has 2 heterocycles. The van der Waals surface area contributed by atoms with Gasteiger partial charge in [-0.15, -0.1) is 11.3 Å². The molecule has 1 aliphatic heterocycles. The number of methoxy groups -OCH3 is 1. The van der Waals surface area contributed by atoms with Crippen LogP contribution in [0.3, 0.4) is 0 Å². The number of benzene rings is 1. The van der Waals surface area contributed by atoms with Gasteiger partial charge in [0.1, 0.15) is 4.21 Å². The van der Waals surface area contributed by atoms with Crippen LogP contribution in [-0.2, 0) is 14.8 Å². The highest BCUT2D eigenvalue weighted by molar-refractivity contribution is 7.91. The fraction of sp³-hybridized carbons (Fsp3) is 0.350. The molecule has 0 N–H and O–H groups in total. The van der Waals surface area contributed by atoms with Gasteiger partial charge in [0.15, 0.2) is 18.1 Å². The molecule has 3 rings (SSSR count).